The number of hydrogen-bond acceptors (Lipinski definition) is 1. The highest BCUT2D eigenvalue weighted by Crippen LogP contribution is 2.20. The van der Waals surface area contributed by atoms with Crippen LogP contribution in [0.15, 0.2) is 0 Å². The summed E-state index contributed by atoms with van der Waals surface area (Å²) in [5.41, 5.74) is 0. The maximum atomic E-state index is 2.61. The summed E-state index contributed by atoms with van der Waals surface area (Å²) in [6, 6.07) is 0. The summed E-state index contributed by atoms with van der Waals surface area (Å²) in [5.74, 6) is 1.84. The molecule has 0 aromatic carbocycles. The van der Waals surface area contributed by atoms with Gasteiger partial charge < -0.3 is 4.90 Å². The van der Waals surface area contributed by atoms with Gasteiger partial charge in [-0.2, -0.15) is 0 Å². The van der Waals surface area contributed by atoms with E-state index in [-0.39, 0.29) is 0 Å². The molecule has 1 aliphatic rings. The molecule has 1 heteroatoms. The summed E-state index contributed by atoms with van der Waals surface area (Å²) in [4.78, 5) is 2.61. The van der Waals surface area contributed by atoms with Gasteiger partial charge in [-0.15, -0.1) is 0 Å². The molecule has 1 aliphatic heterocycles. The lowest BCUT2D eigenvalue weighted by molar-refractivity contribution is 0.141. The second-order valence-electron chi connectivity index (χ2n) is 4.21. The highest BCUT2D eigenvalue weighted by Gasteiger charge is 2.20. The zero-order chi connectivity index (χ0) is 8.27. The second-order valence-corrected chi connectivity index (χ2v) is 4.21. The first-order valence-electron chi connectivity index (χ1n) is 4.94. The van der Waals surface area contributed by atoms with Crippen LogP contribution >= 0.6 is 0 Å². The monoisotopic (exact) mass is 155 g/mol. The van der Waals surface area contributed by atoms with Gasteiger partial charge in [0.15, 0.2) is 0 Å². The minimum Gasteiger partial charge on any atom is -0.303 e. The highest BCUT2D eigenvalue weighted by molar-refractivity contribution is 4.73. The normalized spacial score (nSPS) is 34.1. The molecule has 0 unspecified atom stereocenters. The van der Waals surface area contributed by atoms with Gasteiger partial charge in [0.1, 0.15) is 0 Å². The summed E-state index contributed by atoms with van der Waals surface area (Å²) in [6.07, 6.45) is 2.74. The molecule has 1 nitrogen and oxygen atoms in total. The van der Waals surface area contributed by atoms with Crippen LogP contribution in [0.5, 0.6) is 0 Å². The molecule has 0 N–H and O–H groups in total. The molecule has 1 saturated heterocycles. The number of rotatable bonds is 2. The van der Waals surface area contributed by atoms with Crippen LogP contribution in [0, 0.1) is 11.8 Å². The standard InChI is InChI=1S/C10H21N/c1-4-5-11-7-9(2)6-10(3)8-11/h9-10H,4-8H2,1-3H3/t9-,10-/m1/s1. The van der Waals surface area contributed by atoms with Crippen LogP contribution in [0.3, 0.4) is 0 Å². The molecule has 0 radical (unpaired) electrons. The van der Waals surface area contributed by atoms with E-state index in [4.69, 9.17) is 0 Å². The van der Waals surface area contributed by atoms with E-state index in [2.05, 4.69) is 25.7 Å². The predicted octanol–water partition coefficient (Wildman–Crippen LogP) is 2.37. The lowest BCUT2D eigenvalue weighted by atomic mass is 9.92. The van der Waals surface area contributed by atoms with Crippen molar-refractivity contribution in [2.45, 2.75) is 33.6 Å². The third-order valence-corrected chi connectivity index (χ3v) is 2.48. The number of likely N-dealkylation sites (tertiary alicyclic amines) is 1. The molecule has 1 rings (SSSR count). The summed E-state index contributed by atoms with van der Waals surface area (Å²) >= 11 is 0. The molecular weight excluding hydrogens is 134 g/mol. The first-order valence-corrected chi connectivity index (χ1v) is 4.94. The van der Waals surface area contributed by atoms with Crippen LogP contribution in [-0.4, -0.2) is 24.5 Å². The smallest absolute Gasteiger partial charge is 0.000724 e. The minimum absolute atomic E-state index is 0.922. The fourth-order valence-electron chi connectivity index (χ4n) is 2.29. The van der Waals surface area contributed by atoms with Gasteiger partial charge in [0.05, 0.1) is 0 Å². The van der Waals surface area contributed by atoms with Crippen molar-refractivity contribution >= 4 is 0 Å². The molecule has 0 aliphatic carbocycles. The van der Waals surface area contributed by atoms with Crippen LogP contribution in [0.4, 0.5) is 0 Å². The SMILES string of the molecule is CCCN1C[C@H](C)C[C@@H](C)C1. The van der Waals surface area contributed by atoms with Gasteiger partial charge in [-0.05, 0) is 31.2 Å². The zero-order valence-corrected chi connectivity index (χ0v) is 8.14. The van der Waals surface area contributed by atoms with Gasteiger partial charge in [0, 0.05) is 13.1 Å². The van der Waals surface area contributed by atoms with E-state index in [9.17, 15) is 0 Å². The number of nitrogens with zero attached hydrogens (tertiary/aromatic N) is 1. The van der Waals surface area contributed by atoms with E-state index in [0.717, 1.165) is 11.8 Å². The maximum Gasteiger partial charge on any atom is 0.000724 e. The van der Waals surface area contributed by atoms with Gasteiger partial charge >= 0.3 is 0 Å². The van der Waals surface area contributed by atoms with Gasteiger partial charge in [0.25, 0.3) is 0 Å². The lowest BCUT2D eigenvalue weighted by Crippen LogP contribution is -2.38. The van der Waals surface area contributed by atoms with Crippen LogP contribution in [0.1, 0.15) is 33.6 Å². The van der Waals surface area contributed by atoms with Crippen molar-refractivity contribution in [2.24, 2.45) is 11.8 Å². The Hall–Kier alpha value is -0.0400. The summed E-state index contributed by atoms with van der Waals surface area (Å²) < 4.78 is 0. The van der Waals surface area contributed by atoms with E-state index in [1.807, 2.05) is 0 Å². The molecule has 2 atom stereocenters. The van der Waals surface area contributed by atoms with Gasteiger partial charge in [-0.25, -0.2) is 0 Å². The third kappa shape index (κ3) is 2.82. The summed E-state index contributed by atoms with van der Waals surface area (Å²) in [7, 11) is 0. The minimum atomic E-state index is 0.922. The van der Waals surface area contributed by atoms with Gasteiger partial charge in [-0.3, -0.25) is 0 Å². The Morgan fingerprint density at radius 1 is 1.18 bits per heavy atom. The van der Waals surface area contributed by atoms with Crippen molar-refractivity contribution in [3.63, 3.8) is 0 Å². The van der Waals surface area contributed by atoms with E-state index in [1.54, 1.807) is 0 Å². The second kappa shape index (κ2) is 4.10. The Morgan fingerprint density at radius 3 is 2.18 bits per heavy atom. The van der Waals surface area contributed by atoms with Crippen LogP contribution in [0.25, 0.3) is 0 Å². The molecule has 0 aromatic heterocycles. The summed E-state index contributed by atoms with van der Waals surface area (Å²) in [6.45, 7) is 11.0. The molecule has 0 saturated carbocycles. The maximum absolute atomic E-state index is 2.61. The fraction of sp³-hybridized carbons (Fsp3) is 1.00. The molecule has 1 fully saturated rings. The molecule has 0 spiro atoms. The first-order chi connectivity index (χ1) is 5.22. The van der Waals surface area contributed by atoms with E-state index in [1.165, 1.54) is 32.5 Å². The van der Waals surface area contributed by atoms with Gasteiger partial charge in [-0.1, -0.05) is 20.8 Å². The molecular formula is C10H21N. The molecule has 1 heterocycles. The van der Waals surface area contributed by atoms with E-state index >= 15 is 0 Å². The predicted molar refractivity (Wildman–Crippen MR) is 49.7 cm³/mol. The van der Waals surface area contributed by atoms with Crippen molar-refractivity contribution in [1.82, 2.24) is 4.90 Å². The number of hydrogen-bond donors (Lipinski definition) is 0. The molecule has 11 heavy (non-hydrogen) atoms. The number of piperidine rings is 1. The van der Waals surface area contributed by atoms with Gasteiger partial charge in [0.2, 0.25) is 0 Å². The van der Waals surface area contributed by atoms with Crippen molar-refractivity contribution in [3.05, 3.63) is 0 Å². The quantitative estimate of drug-likeness (QED) is 0.592. The van der Waals surface area contributed by atoms with E-state index < -0.39 is 0 Å². The Morgan fingerprint density at radius 2 is 1.73 bits per heavy atom. The zero-order valence-electron chi connectivity index (χ0n) is 8.14. The fourth-order valence-corrected chi connectivity index (χ4v) is 2.29. The molecule has 0 amide bonds. The topological polar surface area (TPSA) is 3.24 Å². The highest BCUT2D eigenvalue weighted by atomic mass is 15.1. The average molecular weight is 155 g/mol. The third-order valence-electron chi connectivity index (χ3n) is 2.48. The molecule has 0 aromatic rings. The lowest BCUT2D eigenvalue weighted by Gasteiger charge is -2.34. The Balaban J connectivity index is 2.30. The largest absolute Gasteiger partial charge is 0.303 e. The van der Waals surface area contributed by atoms with Crippen molar-refractivity contribution in [1.29, 1.82) is 0 Å². The van der Waals surface area contributed by atoms with Crippen LogP contribution < -0.4 is 0 Å². The molecule has 66 valence electrons. The van der Waals surface area contributed by atoms with Crippen molar-refractivity contribution in [3.8, 4) is 0 Å². The first kappa shape index (κ1) is 9.05. The van der Waals surface area contributed by atoms with Crippen LogP contribution in [0.2, 0.25) is 0 Å². The molecule has 0 bridgehead atoms. The van der Waals surface area contributed by atoms with E-state index in [0.29, 0.717) is 0 Å². The Kier molecular flexibility index (Phi) is 3.38. The Bertz CT molecular complexity index is 101. The summed E-state index contributed by atoms with van der Waals surface area (Å²) in [5, 5.41) is 0. The van der Waals surface area contributed by atoms with Crippen molar-refractivity contribution < 1.29 is 0 Å². The average Bonchev–Trinajstić information content (AvgIpc) is 1.85. The van der Waals surface area contributed by atoms with Crippen LogP contribution in [-0.2, 0) is 0 Å². The Labute approximate surface area is 70.8 Å². The van der Waals surface area contributed by atoms with Crippen molar-refractivity contribution in [2.75, 3.05) is 19.6 Å².